The van der Waals surface area contributed by atoms with Gasteiger partial charge >= 0.3 is 0 Å². The lowest BCUT2D eigenvalue weighted by molar-refractivity contribution is -0.142. The number of rotatable bonds is 10. The van der Waals surface area contributed by atoms with Crippen molar-refractivity contribution in [2.75, 3.05) is 13.2 Å². The number of ether oxygens (including phenoxy) is 1. The Morgan fingerprint density at radius 3 is 2.14 bits per heavy atom. The van der Waals surface area contributed by atoms with Crippen molar-refractivity contribution in [2.24, 2.45) is 0 Å². The van der Waals surface area contributed by atoms with Crippen molar-refractivity contribution in [1.29, 1.82) is 0 Å². The van der Waals surface area contributed by atoms with Gasteiger partial charge in [-0.15, -0.1) is 0 Å². The molecule has 0 spiro atoms. The largest absolute Gasteiger partial charge is 0.484 e. The lowest BCUT2D eigenvalue weighted by Gasteiger charge is -2.30. The zero-order valence-electron chi connectivity index (χ0n) is 17.9. The topological polar surface area (TPSA) is 58.6 Å². The van der Waals surface area contributed by atoms with Gasteiger partial charge in [-0.1, -0.05) is 55.8 Å². The van der Waals surface area contributed by atoms with Crippen molar-refractivity contribution in [2.45, 2.75) is 53.1 Å². The number of hydrogen-bond donors (Lipinski definition) is 1. The molecule has 0 bridgehead atoms. The Morgan fingerprint density at radius 1 is 0.966 bits per heavy atom. The number of likely N-dealkylation sites (N-methyl/N-ethyl adjacent to an activating group) is 1. The minimum atomic E-state index is -0.533. The van der Waals surface area contributed by atoms with Crippen LogP contribution in [0.5, 0.6) is 5.75 Å². The molecule has 1 N–H and O–H groups in total. The van der Waals surface area contributed by atoms with Crippen LogP contribution < -0.4 is 10.1 Å². The third-order valence-electron chi connectivity index (χ3n) is 4.90. The molecule has 0 heterocycles. The average molecular weight is 397 g/mol. The Hall–Kier alpha value is -2.82. The maximum Gasteiger partial charge on any atom is 0.261 e. The predicted molar refractivity (Wildman–Crippen MR) is 116 cm³/mol. The van der Waals surface area contributed by atoms with E-state index in [1.165, 1.54) is 5.56 Å². The number of hydrogen-bond acceptors (Lipinski definition) is 3. The number of carbonyl (C=O) groups is 2. The van der Waals surface area contributed by atoms with E-state index in [2.05, 4.69) is 12.2 Å². The number of aryl methyl sites for hydroxylation is 2. The maximum atomic E-state index is 13.0. The fourth-order valence-corrected chi connectivity index (χ4v) is 3.15. The average Bonchev–Trinajstić information content (AvgIpc) is 2.73. The first-order valence-electron chi connectivity index (χ1n) is 10.3. The summed E-state index contributed by atoms with van der Waals surface area (Å²) in [5.74, 6) is 0.308. The monoisotopic (exact) mass is 396 g/mol. The van der Waals surface area contributed by atoms with Gasteiger partial charge < -0.3 is 15.0 Å². The number of nitrogens with one attached hydrogen (secondary N) is 1. The quantitative estimate of drug-likeness (QED) is 0.663. The van der Waals surface area contributed by atoms with E-state index in [4.69, 9.17) is 4.74 Å². The zero-order valence-corrected chi connectivity index (χ0v) is 17.9. The summed E-state index contributed by atoms with van der Waals surface area (Å²) in [6, 6.07) is 15.2. The molecule has 5 heteroatoms. The highest BCUT2D eigenvalue weighted by Gasteiger charge is 2.28. The van der Waals surface area contributed by atoms with Crippen LogP contribution in [0.2, 0.25) is 0 Å². The van der Waals surface area contributed by atoms with Gasteiger partial charge in [-0.3, -0.25) is 9.59 Å². The van der Waals surface area contributed by atoms with Crippen molar-refractivity contribution in [3.8, 4) is 5.75 Å². The second-order valence-electron chi connectivity index (χ2n) is 7.11. The first kappa shape index (κ1) is 22.5. The molecule has 0 aliphatic heterocycles. The first-order valence-corrected chi connectivity index (χ1v) is 10.3. The van der Waals surface area contributed by atoms with E-state index < -0.39 is 6.04 Å². The molecule has 2 aromatic rings. The van der Waals surface area contributed by atoms with E-state index in [0.717, 1.165) is 17.5 Å². The van der Waals surface area contributed by atoms with E-state index in [1.54, 1.807) is 4.90 Å². The van der Waals surface area contributed by atoms with E-state index in [9.17, 15) is 9.59 Å². The molecule has 0 radical (unpaired) electrons. The number of nitrogens with zero attached hydrogens (tertiary/aromatic N) is 1. The molecule has 29 heavy (non-hydrogen) atoms. The second-order valence-corrected chi connectivity index (χ2v) is 7.11. The number of benzene rings is 2. The lowest BCUT2D eigenvalue weighted by atomic mass is 10.1. The molecule has 0 unspecified atom stereocenters. The summed E-state index contributed by atoms with van der Waals surface area (Å²) in [7, 11) is 0. The molecule has 0 aromatic heterocycles. The summed E-state index contributed by atoms with van der Waals surface area (Å²) in [5.41, 5.74) is 3.35. The van der Waals surface area contributed by atoms with Crippen molar-refractivity contribution in [3.05, 3.63) is 65.2 Å². The Morgan fingerprint density at radius 2 is 1.59 bits per heavy atom. The smallest absolute Gasteiger partial charge is 0.261 e. The van der Waals surface area contributed by atoms with Gasteiger partial charge in [0.05, 0.1) is 0 Å². The van der Waals surface area contributed by atoms with Gasteiger partial charge in [0, 0.05) is 13.1 Å². The van der Waals surface area contributed by atoms with Crippen LogP contribution in [0.4, 0.5) is 0 Å². The number of carbonyl (C=O) groups excluding carboxylic acids is 2. The third kappa shape index (κ3) is 6.63. The summed E-state index contributed by atoms with van der Waals surface area (Å²) in [6.45, 7) is 8.70. The molecular formula is C24H32N2O3. The second kappa shape index (κ2) is 11.2. The normalized spacial score (nSPS) is 11.6. The van der Waals surface area contributed by atoms with Crippen molar-refractivity contribution >= 4 is 11.8 Å². The predicted octanol–water partition coefficient (Wildman–Crippen LogP) is 3.88. The molecule has 0 aliphatic rings. The molecule has 2 rings (SSSR count). The highest BCUT2D eigenvalue weighted by atomic mass is 16.5. The fourth-order valence-electron chi connectivity index (χ4n) is 3.15. The third-order valence-corrected chi connectivity index (χ3v) is 4.90. The number of amides is 2. The van der Waals surface area contributed by atoms with Gasteiger partial charge in [-0.2, -0.15) is 0 Å². The van der Waals surface area contributed by atoms with Crippen LogP contribution in [0.3, 0.4) is 0 Å². The van der Waals surface area contributed by atoms with Crippen LogP contribution in [0.1, 0.15) is 43.9 Å². The summed E-state index contributed by atoms with van der Waals surface area (Å²) in [4.78, 5) is 27.2. The van der Waals surface area contributed by atoms with Crippen LogP contribution in [0.25, 0.3) is 0 Å². The van der Waals surface area contributed by atoms with E-state index in [-0.39, 0.29) is 18.4 Å². The van der Waals surface area contributed by atoms with Gasteiger partial charge in [0.2, 0.25) is 5.91 Å². The highest BCUT2D eigenvalue weighted by molar-refractivity contribution is 5.88. The molecule has 0 saturated heterocycles. The minimum absolute atomic E-state index is 0.104. The summed E-state index contributed by atoms with van der Waals surface area (Å²) >= 11 is 0. The molecule has 0 aliphatic carbocycles. The van der Waals surface area contributed by atoms with Gasteiger partial charge in [-0.25, -0.2) is 0 Å². The van der Waals surface area contributed by atoms with Gasteiger partial charge in [0.1, 0.15) is 11.8 Å². The molecule has 156 valence electrons. The Bertz CT molecular complexity index is 785. The Labute approximate surface area is 174 Å². The van der Waals surface area contributed by atoms with E-state index in [1.807, 2.05) is 69.3 Å². The first-order chi connectivity index (χ1) is 14.0. The van der Waals surface area contributed by atoms with Gasteiger partial charge in [0.15, 0.2) is 6.61 Å². The van der Waals surface area contributed by atoms with Crippen LogP contribution in [0, 0.1) is 6.92 Å². The van der Waals surface area contributed by atoms with E-state index in [0.29, 0.717) is 25.3 Å². The van der Waals surface area contributed by atoms with Crippen LogP contribution >= 0.6 is 0 Å². The van der Waals surface area contributed by atoms with Gasteiger partial charge in [0.25, 0.3) is 5.91 Å². The fraction of sp³-hybridized carbons (Fsp3) is 0.417. The standard InChI is InChI=1S/C24H32N2O3/c1-5-19-12-14-21(15-13-19)29-17-23(27)26(22(6-2)24(28)25-7-3)16-20-10-8-18(4)9-11-20/h8-15,22H,5-7,16-17H2,1-4H3,(H,25,28)/t22-/m1/s1. The SMILES string of the molecule is CCNC(=O)[C@@H](CC)N(Cc1ccc(C)cc1)C(=O)COc1ccc(CC)cc1. The van der Waals surface area contributed by atoms with Crippen molar-refractivity contribution in [1.82, 2.24) is 10.2 Å². The Kier molecular flexibility index (Phi) is 8.71. The van der Waals surface area contributed by atoms with Crippen LogP contribution in [-0.2, 0) is 22.6 Å². The molecule has 5 nitrogen and oxygen atoms in total. The maximum absolute atomic E-state index is 13.0. The Balaban J connectivity index is 2.15. The summed E-state index contributed by atoms with van der Waals surface area (Å²) in [5, 5.41) is 2.84. The van der Waals surface area contributed by atoms with Crippen LogP contribution in [0.15, 0.2) is 48.5 Å². The molecule has 0 fully saturated rings. The molecule has 2 amide bonds. The summed E-state index contributed by atoms with van der Waals surface area (Å²) in [6.07, 6.45) is 1.49. The lowest BCUT2D eigenvalue weighted by Crippen LogP contribution is -2.50. The van der Waals surface area contributed by atoms with E-state index >= 15 is 0 Å². The molecule has 0 saturated carbocycles. The minimum Gasteiger partial charge on any atom is -0.484 e. The van der Waals surface area contributed by atoms with Crippen molar-refractivity contribution < 1.29 is 14.3 Å². The highest BCUT2D eigenvalue weighted by Crippen LogP contribution is 2.16. The zero-order chi connectivity index (χ0) is 21.2. The summed E-state index contributed by atoms with van der Waals surface area (Å²) < 4.78 is 5.72. The van der Waals surface area contributed by atoms with Gasteiger partial charge in [-0.05, 0) is 49.9 Å². The van der Waals surface area contributed by atoms with Crippen molar-refractivity contribution in [3.63, 3.8) is 0 Å². The molecular weight excluding hydrogens is 364 g/mol. The molecule has 2 aromatic carbocycles. The molecule has 1 atom stereocenters. The van der Waals surface area contributed by atoms with Crippen LogP contribution in [-0.4, -0.2) is 35.9 Å².